The number of hydrogen-bond acceptors (Lipinski definition) is 2. The van der Waals surface area contributed by atoms with Crippen molar-refractivity contribution in [3.05, 3.63) is 0 Å². The third kappa shape index (κ3) is 6.54. The van der Waals surface area contributed by atoms with Crippen LogP contribution in [-0.2, 0) is 0 Å². The Morgan fingerprint density at radius 3 is 2.80 bits per heavy atom. The van der Waals surface area contributed by atoms with Gasteiger partial charge in [0.2, 0.25) is 0 Å². The molecule has 0 bridgehead atoms. The minimum absolute atomic E-state index is 0.824. The summed E-state index contributed by atoms with van der Waals surface area (Å²) in [5, 5.41) is 3.42. The van der Waals surface area contributed by atoms with Gasteiger partial charge in [-0.05, 0) is 44.7 Å². The molecule has 1 saturated carbocycles. The Labute approximate surface area is 94.4 Å². The van der Waals surface area contributed by atoms with Gasteiger partial charge in [-0.15, -0.1) is 6.42 Å². The van der Waals surface area contributed by atoms with Crippen molar-refractivity contribution >= 4 is 0 Å². The summed E-state index contributed by atoms with van der Waals surface area (Å²) in [7, 11) is 0. The molecule has 0 aromatic rings. The van der Waals surface area contributed by atoms with Crippen LogP contribution < -0.4 is 5.32 Å². The van der Waals surface area contributed by atoms with Crippen LogP contribution in [0.25, 0.3) is 0 Å². The van der Waals surface area contributed by atoms with Crippen molar-refractivity contribution in [1.82, 2.24) is 10.2 Å². The molecule has 2 heteroatoms. The first-order valence-electron chi connectivity index (χ1n) is 6.23. The minimum Gasteiger partial charge on any atom is -0.317 e. The molecule has 1 aliphatic rings. The van der Waals surface area contributed by atoms with Crippen molar-refractivity contribution < 1.29 is 0 Å². The number of rotatable bonds is 9. The SMILES string of the molecule is C#CCN(CCCNCCC)CC1CC1. The summed E-state index contributed by atoms with van der Waals surface area (Å²) >= 11 is 0. The van der Waals surface area contributed by atoms with Crippen LogP contribution in [0, 0.1) is 18.3 Å². The maximum atomic E-state index is 5.37. The Bertz CT molecular complexity index is 191. The highest BCUT2D eigenvalue weighted by Gasteiger charge is 2.23. The topological polar surface area (TPSA) is 15.3 Å². The first kappa shape index (κ1) is 12.5. The molecule has 1 rings (SSSR count). The second-order valence-corrected chi connectivity index (χ2v) is 4.49. The summed E-state index contributed by atoms with van der Waals surface area (Å²) in [6.07, 6.45) is 10.6. The predicted molar refractivity (Wildman–Crippen MR) is 65.8 cm³/mol. The monoisotopic (exact) mass is 208 g/mol. The van der Waals surface area contributed by atoms with Crippen molar-refractivity contribution in [2.45, 2.75) is 32.6 Å². The fourth-order valence-electron chi connectivity index (χ4n) is 1.76. The van der Waals surface area contributed by atoms with E-state index in [1.54, 1.807) is 0 Å². The Morgan fingerprint density at radius 1 is 1.40 bits per heavy atom. The molecule has 2 nitrogen and oxygen atoms in total. The lowest BCUT2D eigenvalue weighted by Crippen LogP contribution is -2.30. The molecule has 0 saturated heterocycles. The number of nitrogens with one attached hydrogen (secondary N) is 1. The van der Waals surface area contributed by atoms with Gasteiger partial charge in [0.05, 0.1) is 6.54 Å². The van der Waals surface area contributed by atoms with Crippen LogP contribution in [0.3, 0.4) is 0 Å². The molecule has 1 N–H and O–H groups in total. The van der Waals surface area contributed by atoms with Crippen molar-refractivity contribution in [2.24, 2.45) is 5.92 Å². The normalized spacial score (nSPS) is 15.5. The molecule has 1 aliphatic carbocycles. The van der Waals surface area contributed by atoms with Crippen molar-refractivity contribution in [1.29, 1.82) is 0 Å². The summed E-state index contributed by atoms with van der Waals surface area (Å²) < 4.78 is 0. The van der Waals surface area contributed by atoms with E-state index in [2.05, 4.69) is 23.1 Å². The zero-order chi connectivity index (χ0) is 10.9. The Morgan fingerprint density at radius 2 is 2.20 bits per heavy atom. The maximum Gasteiger partial charge on any atom is 0.0599 e. The van der Waals surface area contributed by atoms with Gasteiger partial charge in [0.15, 0.2) is 0 Å². The van der Waals surface area contributed by atoms with E-state index in [9.17, 15) is 0 Å². The van der Waals surface area contributed by atoms with Gasteiger partial charge in [0.1, 0.15) is 0 Å². The summed E-state index contributed by atoms with van der Waals surface area (Å²) in [5.74, 6) is 3.70. The fourth-order valence-corrected chi connectivity index (χ4v) is 1.76. The number of nitrogens with zero attached hydrogens (tertiary/aromatic N) is 1. The average Bonchev–Trinajstić information content (AvgIpc) is 3.01. The molecular weight excluding hydrogens is 184 g/mol. The van der Waals surface area contributed by atoms with Gasteiger partial charge in [-0.3, -0.25) is 4.90 Å². The van der Waals surface area contributed by atoms with Crippen LogP contribution in [0.4, 0.5) is 0 Å². The quantitative estimate of drug-likeness (QED) is 0.458. The van der Waals surface area contributed by atoms with E-state index in [-0.39, 0.29) is 0 Å². The summed E-state index contributed by atoms with van der Waals surface area (Å²) in [4.78, 5) is 2.42. The molecule has 0 aromatic carbocycles. The minimum atomic E-state index is 0.824. The number of terminal acetylenes is 1. The molecule has 0 heterocycles. The molecule has 0 radical (unpaired) electrons. The smallest absolute Gasteiger partial charge is 0.0599 e. The lowest BCUT2D eigenvalue weighted by atomic mass is 10.3. The molecule has 0 atom stereocenters. The molecule has 0 aliphatic heterocycles. The molecule has 0 unspecified atom stereocenters. The van der Waals surface area contributed by atoms with Gasteiger partial charge >= 0.3 is 0 Å². The van der Waals surface area contributed by atoms with Gasteiger partial charge in [-0.1, -0.05) is 12.8 Å². The average molecular weight is 208 g/mol. The largest absolute Gasteiger partial charge is 0.317 e. The van der Waals surface area contributed by atoms with E-state index in [1.807, 2.05) is 0 Å². The molecule has 0 spiro atoms. The van der Waals surface area contributed by atoms with Gasteiger partial charge in [0.25, 0.3) is 0 Å². The molecular formula is C13H24N2. The van der Waals surface area contributed by atoms with E-state index >= 15 is 0 Å². The molecule has 0 amide bonds. The Kier molecular flexibility index (Phi) is 6.47. The van der Waals surface area contributed by atoms with Gasteiger partial charge < -0.3 is 5.32 Å². The number of hydrogen-bond donors (Lipinski definition) is 1. The summed E-state index contributed by atoms with van der Waals surface area (Å²) in [6, 6.07) is 0. The Hall–Kier alpha value is -0.520. The van der Waals surface area contributed by atoms with Crippen molar-refractivity contribution in [2.75, 3.05) is 32.7 Å². The highest BCUT2D eigenvalue weighted by molar-refractivity contribution is 4.90. The van der Waals surface area contributed by atoms with Crippen molar-refractivity contribution in [3.63, 3.8) is 0 Å². The van der Waals surface area contributed by atoms with E-state index < -0.39 is 0 Å². The molecule has 1 fully saturated rings. The van der Waals surface area contributed by atoms with E-state index in [0.717, 1.165) is 32.1 Å². The highest BCUT2D eigenvalue weighted by Crippen LogP contribution is 2.29. The lowest BCUT2D eigenvalue weighted by molar-refractivity contribution is 0.289. The van der Waals surface area contributed by atoms with E-state index in [1.165, 1.54) is 32.2 Å². The van der Waals surface area contributed by atoms with E-state index in [0.29, 0.717) is 0 Å². The predicted octanol–water partition coefficient (Wildman–Crippen LogP) is 1.72. The highest BCUT2D eigenvalue weighted by atomic mass is 15.1. The third-order valence-corrected chi connectivity index (χ3v) is 2.78. The zero-order valence-electron chi connectivity index (χ0n) is 9.97. The second kappa shape index (κ2) is 7.73. The molecule has 15 heavy (non-hydrogen) atoms. The van der Waals surface area contributed by atoms with Gasteiger partial charge in [-0.2, -0.15) is 0 Å². The molecule has 86 valence electrons. The van der Waals surface area contributed by atoms with Crippen LogP contribution >= 0.6 is 0 Å². The fraction of sp³-hybridized carbons (Fsp3) is 0.846. The third-order valence-electron chi connectivity index (χ3n) is 2.78. The maximum absolute atomic E-state index is 5.37. The Balaban J connectivity index is 2.00. The lowest BCUT2D eigenvalue weighted by Gasteiger charge is -2.19. The van der Waals surface area contributed by atoms with Crippen molar-refractivity contribution in [3.8, 4) is 12.3 Å². The first-order valence-corrected chi connectivity index (χ1v) is 6.23. The van der Waals surface area contributed by atoms with Crippen LogP contribution in [0.5, 0.6) is 0 Å². The van der Waals surface area contributed by atoms with Crippen LogP contribution in [0.1, 0.15) is 32.6 Å². The molecule has 0 aromatic heterocycles. The van der Waals surface area contributed by atoms with Crippen LogP contribution in [-0.4, -0.2) is 37.6 Å². The van der Waals surface area contributed by atoms with Gasteiger partial charge in [-0.25, -0.2) is 0 Å². The standard InChI is InChI=1S/C13H24N2/c1-3-8-14-9-5-11-15(10-4-2)12-13-6-7-13/h2,13-14H,3,5-12H2,1H3. The summed E-state index contributed by atoms with van der Waals surface area (Å²) in [6.45, 7) is 7.65. The second-order valence-electron chi connectivity index (χ2n) is 4.49. The summed E-state index contributed by atoms with van der Waals surface area (Å²) in [5.41, 5.74) is 0. The van der Waals surface area contributed by atoms with Gasteiger partial charge in [0, 0.05) is 13.1 Å². The zero-order valence-corrected chi connectivity index (χ0v) is 9.97. The van der Waals surface area contributed by atoms with E-state index in [4.69, 9.17) is 6.42 Å². The van der Waals surface area contributed by atoms with Crippen LogP contribution in [0.15, 0.2) is 0 Å². The van der Waals surface area contributed by atoms with Crippen LogP contribution in [0.2, 0.25) is 0 Å². The first-order chi connectivity index (χ1) is 7.36.